The van der Waals surface area contributed by atoms with E-state index in [2.05, 4.69) is 15.6 Å². The number of nitrogens with zero attached hydrogens (tertiary/aromatic N) is 3. The topological polar surface area (TPSA) is 106 Å². The zero-order valence-corrected chi connectivity index (χ0v) is 15.6. The molecule has 2 aliphatic carbocycles. The van der Waals surface area contributed by atoms with Crippen LogP contribution in [-0.4, -0.2) is 44.1 Å². The second-order valence-corrected chi connectivity index (χ2v) is 7.79. The Labute approximate surface area is 153 Å². The zero-order chi connectivity index (χ0) is 18.8. The fourth-order valence-electron chi connectivity index (χ4n) is 4.36. The molecule has 0 radical (unpaired) electrons. The van der Waals surface area contributed by atoms with Gasteiger partial charge in [0.05, 0.1) is 12.3 Å². The predicted molar refractivity (Wildman–Crippen MR) is 92.8 cm³/mol. The lowest BCUT2D eigenvalue weighted by molar-refractivity contribution is -0.156. The Morgan fingerprint density at radius 3 is 2.69 bits per heavy atom. The molecule has 0 aliphatic heterocycles. The van der Waals surface area contributed by atoms with Crippen molar-refractivity contribution in [2.24, 2.45) is 17.8 Å². The van der Waals surface area contributed by atoms with Crippen molar-refractivity contribution in [3.05, 3.63) is 11.9 Å². The Kier molecular flexibility index (Phi) is 5.60. The summed E-state index contributed by atoms with van der Waals surface area (Å²) < 4.78 is 6.49. The third-order valence-electron chi connectivity index (χ3n) is 5.76. The molecule has 1 aromatic rings. The molecule has 0 aromatic carbocycles. The Morgan fingerprint density at radius 1 is 1.35 bits per heavy atom. The molecular weight excluding hydrogens is 336 g/mol. The van der Waals surface area contributed by atoms with Gasteiger partial charge in [-0.25, -0.2) is 4.68 Å². The maximum Gasteiger partial charge on any atom is 0.328 e. The normalized spacial score (nSPS) is 27.8. The molecule has 1 aromatic heterocycles. The van der Waals surface area contributed by atoms with E-state index < -0.39 is 18.2 Å². The molecule has 8 nitrogen and oxygen atoms in total. The molecule has 0 saturated heterocycles. The first-order chi connectivity index (χ1) is 12.3. The third-order valence-corrected chi connectivity index (χ3v) is 5.76. The van der Waals surface area contributed by atoms with Gasteiger partial charge in [-0.1, -0.05) is 11.6 Å². The quantitative estimate of drug-likeness (QED) is 0.704. The Hall–Kier alpha value is -1.96. The number of hydrogen-bond donors (Lipinski definition) is 2. The second-order valence-electron chi connectivity index (χ2n) is 7.79. The maximum atomic E-state index is 12.3. The van der Waals surface area contributed by atoms with Gasteiger partial charge >= 0.3 is 5.97 Å². The van der Waals surface area contributed by atoms with Gasteiger partial charge in [-0.3, -0.25) is 9.59 Å². The van der Waals surface area contributed by atoms with Gasteiger partial charge in [-0.2, -0.15) is 0 Å². The van der Waals surface area contributed by atoms with Crippen LogP contribution in [0.15, 0.2) is 6.20 Å². The van der Waals surface area contributed by atoms with E-state index in [1.165, 1.54) is 36.6 Å². The van der Waals surface area contributed by atoms with Crippen molar-refractivity contribution in [2.75, 3.05) is 0 Å². The Bertz CT molecular complexity index is 659. The lowest BCUT2D eigenvalue weighted by Gasteiger charge is -2.29. The van der Waals surface area contributed by atoms with Crippen molar-refractivity contribution in [1.29, 1.82) is 0 Å². The summed E-state index contributed by atoms with van der Waals surface area (Å²) in [5, 5.41) is 19.9. The van der Waals surface area contributed by atoms with Gasteiger partial charge in [0.1, 0.15) is 12.2 Å². The van der Waals surface area contributed by atoms with Crippen LogP contribution in [0.3, 0.4) is 0 Å². The van der Waals surface area contributed by atoms with E-state index >= 15 is 0 Å². The molecular formula is C18H28N4O4. The van der Waals surface area contributed by atoms with Gasteiger partial charge in [0.2, 0.25) is 0 Å². The van der Waals surface area contributed by atoms with E-state index in [-0.39, 0.29) is 18.5 Å². The van der Waals surface area contributed by atoms with E-state index in [9.17, 15) is 14.7 Å². The maximum absolute atomic E-state index is 12.3. The van der Waals surface area contributed by atoms with Gasteiger partial charge in [0.25, 0.3) is 5.91 Å². The highest BCUT2D eigenvalue weighted by Crippen LogP contribution is 2.49. The van der Waals surface area contributed by atoms with Crippen LogP contribution in [0, 0.1) is 17.8 Å². The lowest BCUT2D eigenvalue weighted by atomic mass is 9.84. The van der Waals surface area contributed by atoms with Crippen molar-refractivity contribution in [2.45, 2.75) is 71.2 Å². The number of aliphatic hydroxyl groups is 1. The van der Waals surface area contributed by atoms with E-state index in [1.54, 1.807) is 13.8 Å². The fraction of sp³-hybridized carbons (Fsp3) is 0.778. The monoisotopic (exact) mass is 364 g/mol. The molecule has 2 aliphatic rings. The highest BCUT2D eigenvalue weighted by Gasteiger charge is 2.42. The van der Waals surface area contributed by atoms with E-state index in [4.69, 9.17) is 4.74 Å². The number of fused-ring (bicyclic) bond motifs is 2. The van der Waals surface area contributed by atoms with Crippen LogP contribution in [0.25, 0.3) is 0 Å². The molecule has 2 fully saturated rings. The highest BCUT2D eigenvalue weighted by molar-refractivity contribution is 5.83. The first-order valence-electron chi connectivity index (χ1n) is 9.41. The minimum absolute atomic E-state index is 0.0999. The standard InChI is InChI=1S/C18H28N4O4/c1-10(15-7-13-4-5-14(15)6-13)19-18(25)12(3)26-17(24)9-22-8-16(11(2)23)20-21-22/h8,10-15,23H,4-7,9H2,1-3H3,(H,19,25). The molecule has 8 heteroatoms. The third kappa shape index (κ3) is 4.23. The summed E-state index contributed by atoms with van der Waals surface area (Å²) >= 11 is 0. The zero-order valence-electron chi connectivity index (χ0n) is 15.6. The van der Waals surface area contributed by atoms with Crippen molar-refractivity contribution in [1.82, 2.24) is 20.3 Å². The molecule has 3 rings (SSSR count). The summed E-state index contributed by atoms with van der Waals surface area (Å²) in [5.41, 5.74) is 0.378. The van der Waals surface area contributed by atoms with Crippen LogP contribution in [0.4, 0.5) is 0 Å². The summed E-state index contributed by atoms with van der Waals surface area (Å²) in [5.74, 6) is 1.26. The summed E-state index contributed by atoms with van der Waals surface area (Å²) in [4.78, 5) is 24.3. The first-order valence-corrected chi connectivity index (χ1v) is 9.41. The molecule has 26 heavy (non-hydrogen) atoms. The van der Waals surface area contributed by atoms with Gasteiger partial charge in [-0.15, -0.1) is 5.10 Å². The van der Waals surface area contributed by atoms with Crippen LogP contribution in [0.2, 0.25) is 0 Å². The summed E-state index contributed by atoms with van der Waals surface area (Å²) in [6.45, 7) is 5.03. The number of rotatable bonds is 7. The van der Waals surface area contributed by atoms with E-state index in [0.29, 0.717) is 11.6 Å². The average Bonchev–Trinajstić information content (AvgIpc) is 3.30. The van der Waals surface area contributed by atoms with Crippen LogP contribution in [-0.2, 0) is 20.9 Å². The molecule has 2 bridgehead atoms. The fourth-order valence-corrected chi connectivity index (χ4v) is 4.36. The van der Waals surface area contributed by atoms with Crippen molar-refractivity contribution in [3.8, 4) is 0 Å². The molecule has 144 valence electrons. The summed E-state index contributed by atoms with van der Waals surface area (Å²) in [6, 6.07) is 0.0999. The summed E-state index contributed by atoms with van der Waals surface area (Å²) in [7, 11) is 0. The molecule has 2 N–H and O–H groups in total. The summed E-state index contributed by atoms with van der Waals surface area (Å²) in [6.07, 6.45) is 4.95. The van der Waals surface area contributed by atoms with Crippen LogP contribution >= 0.6 is 0 Å². The van der Waals surface area contributed by atoms with Gasteiger partial charge in [0, 0.05) is 6.04 Å². The van der Waals surface area contributed by atoms with Crippen LogP contribution in [0.1, 0.15) is 58.3 Å². The number of esters is 1. The van der Waals surface area contributed by atoms with Crippen molar-refractivity contribution >= 4 is 11.9 Å². The number of nitrogens with one attached hydrogen (secondary N) is 1. The van der Waals surface area contributed by atoms with Crippen molar-refractivity contribution < 1.29 is 19.4 Å². The lowest BCUT2D eigenvalue weighted by Crippen LogP contribution is -2.45. The highest BCUT2D eigenvalue weighted by atomic mass is 16.5. The number of carbonyl (C=O) groups is 2. The Balaban J connectivity index is 1.45. The molecule has 1 heterocycles. The van der Waals surface area contributed by atoms with Crippen LogP contribution < -0.4 is 5.32 Å². The SMILES string of the molecule is CC(OC(=O)Cn1cc(C(C)O)nn1)C(=O)NC(C)C1CC2CCC1C2. The second kappa shape index (κ2) is 7.73. The Morgan fingerprint density at radius 2 is 2.12 bits per heavy atom. The van der Waals surface area contributed by atoms with Crippen molar-refractivity contribution in [3.63, 3.8) is 0 Å². The van der Waals surface area contributed by atoms with Gasteiger partial charge in [0.15, 0.2) is 6.10 Å². The predicted octanol–water partition coefficient (Wildman–Crippen LogP) is 1.20. The molecule has 2 saturated carbocycles. The average molecular weight is 364 g/mol. The molecule has 6 unspecified atom stereocenters. The number of ether oxygens (including phenoxy) is 1. The minimum Gasteiger partial charge on any atom is -0.451 e. The number of carbonyl (C=O) groups excluding carboxylic acids is 2. The molecule has 1 amide bonds. The largest absolute Gasteiger partial charge is 0.451 e. The number of hydrogen-bond acceptors (Lipinski definition) is 6. The van der Waals surface area contributed by atoms with Crippen LogP contribution in [0.5, 0.6) is 0 Å². The van der Waals surface area contributed by atoms with E-state index in [0.717, 1.165) is 11.8 Å². The smallest absolute Gasteiger partial charge is 0.328 e. The number of aromatic nitrogens is 3. The molecule has 6 atom stereocenters. The van der Waals surface area contributed by atoms with E-state index in [1.807, 2.05) is 6.92 Å². The van der Waals surface area contributed by atoms with Gasteiger partial charge in [-0.05, 0) is 57.8 Å². The minimum atomic E-state index is -0.858. The molecule has 0 spiro atoms. The van der Waals surface area contributed by atoms with Gasteiger partial charge < -0.3 is 15.2 Å². The first kappa shape index (κ1) is 18.8. The number of amides is 1. The number of aliphatic hydroxyl groups excluding tert-OH is 1.